The lowest BCUT2D eigenvalue weighted by Gasteiger charge is -2.18. The van der Waals surface area contributed by atoms with Gasteiger partial charge in [-0.2, -0.15) is 0 Å². The highest BCUT2D eigenvalue weighted by Crippen LogP contribution is 2.25. The molecule has 0 bridgehead atoms. The number of fused-ring (bicyclic) bond motifs is 1. The van der Waals surface area contributed by atoms with E-state index >= 15 is 0 Å². The summed E-state index contributed by atoms with van der Waals surface area (Å²) in [7, 11) is 0. The van der Waals surface area contributed by atoms with Crippen molar-refractivity contribution in [3.05, 3.63) is 29.3 Å². The quantitative estimate of drug-likeness (QED) is 0.713. The summed E-state index contributed by atoms with van der Waals surface area (Å²) in [6.07, 6.45) is 0.996. The molecular weight excluding hydrogens is 246 g/mol. The SMILES string of the molecule is O=C(O)CC(O)CNCc1ccc2c(c1)CCCO2. The van der Waals surface area contributed by atoms with E-state index in [4.69, 9.17) is 9.84 Å². The third-order valence-corrected chi connectivity index (χ3v) is 3.09. The lowest BCUT2D eigenvalue weighted by atomic mass is 10.0. The molecule has 0 spiro atoms. The van der Waals surface area contributed by atoms with Crippen LogP contribution in [-0.2, 0) is 17.8 Å². The van der Waals surface area contributed by atoms with Gasteiger partial charge in [0.1, 0.15) is 5.75 Å². The first kappa shape index (κ1) is 13.8. The molecule has 1 aromatic carbocycles. The average molecular weight is 265 g/mol. The van der Waals surface area contributed by atoms with Gasteiger partial charge in [-0.1, -0.05) is 12.1 Å². The van der Waals surface area contributed by atoms with Gasteiger partial charge in [0.05, 0.1) is 19.1 Å². The van der Waals surface area contributed by atoms with E-state index < -0.39 is 12.1 Å². The fourth-order valence-corrected chi connectivity index (χ4v) is 2.18. The summed E-state index contributed by atoms with van der Waals surface area (Å²) in [5, 5.41) is 21.0. The molecule has 1 atom stereocenters. The second-order valence-electron chi connectivity index (χ2n) is 4.78. The largest absolute Gasteiger partial charge is 0.493 e. The van der Waals surface area contributed by atoms with Crippen LogP contribution >= 0.6 is 0 Å². The van der Waals surface area contributed by atoms with Gasteiger partial charge in [-0.15, -0.1) is 0 Å². The molecule has 5 nitrogen and oxygen atoms in total. The van der Waals surface area contributed by atoms with Gasteiger partial charge in [-0.3, -0.25) is 4.79 Å². The maximum absolute atomic E-state index is 10.4. The fraction of sp³-hybridized carbons (Fsp3) is 0.500. The minimum Gasteiger partial charge on any atom is -0.493 e. The molecule has 1 unspecified atom stereocenters. The summed E-state index contributed by atoms with van der Waals surface area (Å²) in [4.78, 5) is 10.4. The van der Waals surface area contributed by atoms with Crippen LogP contribution in [0.15, 0.2) is 18.2 Å². The van der Waals surface area contributed by atoms with Crippen molar-refractivity contribution in [3.8, 4) is 5.75 Å². The van der Waals surface area contributed by atoms with Gasteiger partial charge < -0.3 is 20.3 Å². The van der Waals surface area contributed by atoms with Crippen molar-refractivity contribution >= 4 is 5.97 Å². The highest BCUT2D eigenvalue weighted by atomic mass is 16.5. The third-order valence-electron chi connectivity index (χ3n) is 3.09. The van der Waals surface area contributed by atoms with Gasteiger partial charge in [-0.05, 0) is 30.0 Å². The second kappa shape index (κ2) is 6.54. The first-order valence-corrected chi connectivity index (χ1v) is 6.50. The van der Waals surface area contributed by atoms with Crippen LogP contribution < -0.4 is 10.1 Å². The van der Waals surface area contributed by atoms with E-state index in [1.54, 1.807) is 0 Å². The predicted octanol–water partition coefficient (Wildman–Crippen LogP) is 0.937. The average Bonchev–Trinajstić information content (AvgIpc) is 2.37. The number of hydrogen-bond acceptors (Lipinski definition) is 4. The summed E-state index contributed by atoms with van der Waals surface area (Å²) < 4.78 is 5.54. The van der Waals surface area contributed by atoms with Gasteiger partial charge in [0.2, 0.25) is 0 Å². The van der Waals surface area contributed by atoms with Gasteiger partial charge in [0.15, 0.2) is 0 Å². The van der Waals surface area contributed by atoms with E-state index in [9.17, 15) is 9.90 Å². The van der Waals surface area contributed by atoms with Crippen molar-refractivity contribution in [3.63, 3.8) is 0 Å². The van der Waals surface area contributed by atoms with Crippen LogP contribution in [0.3, 0.4) is 0 Å². The Labute approximate surface area is 112 Å². The van der Waals surface area contributed by atoms with Crippen LogP contribution in [0, 0.1) is 0 Å². The number of carboxylic acids is 1. The van der Waals surface area contributed by atoms with Crippen LogP contribution in [-0.4, -0.2) is 35.4 Å². The molecule has 0 radical (unpaired) electrons. The molecule has 5 heteroatoms. The summed E-state index contributed by atoms with van der Waals surface area (Å²) in [5.74, 6) is -0.0267. The molecule has 0 aromatic heterocycles. The van der Waals surface area contributed by atoms with E-state index in [2.05, 4.69) is 11.4 Å². The number of hydrogen-bond donors (Lipinski definition) is 3. The fourth-order valence-electron chi connectivity index (χ4n) is 2.18. The lowest BCUT2D eigenvalue weighted by molar-refractivity contribution is -0.139. The van der Waals surface area contributed by atoms with Crippen molar-refractivity contribution in [2.24, 2.45) is 0 Å². The molecule has 1 aliphatic heterocycles. The van der Waals surface area contributed by atoms with Crippen molar-refractivity contribution in [2.45, 2.75) is 31.9 Å². The minimum absolute atomic E-state index is 0.231. The number of benzene rings is 1. The number of aliphatic carboxylic acids is 1. The Bertz CT molecular complexity index is 447. The highest BCUT2D eigenvalue weighted by Gasteiger charge is 2.11. The number of carbonyl (C=O) groups is 1. The molecule has 0 saturated carbocycles. The number of aliphatic hydroxyl groups excluding tert-OH is 1. The van der Waals surface area contributed by atoms with Crippen LogP contribution in [0.4, 0.5) is 0 Å². The molecule has 1 heterocycles. The number of aryl methyl sites for hydroxylation is 1. The van der Waals surface area contributed by atoms with Gasteiger partial charge in [0, 0.05) is 13.1 Å². The monoisotopic (exact) mass is 265 g/mol. The van der Waals surface area contributed by atoms with E-state index in [1.165, 1.54) is 5.56 Å². The first-order chi connectivity index (χ1) is 9.15. The highest BCUT2D eigenvalue weighted by molar-refractivity contribution is 5.67. The molecule has 3 N–H and O–H groups in total. The Morgan fingerprint density at radius 2 is 2.32 bits per heavy atom. The smallest absolute Gasteiger partial charge is 0.306 e. The zero-order chi connectivity index (χ0) is 13.7. The van der Waals surface area contributed by atoms with Crippen LogP contribution in [0.2, 0.25) is 0 Å². The molecule has 0 aliphatic carbocycles. The molecular formula is C14H19NO4. The molecule has 1 aliphatic rings. The van der Waals surface area contributed by atoms with Crippen molar-refractivity contribution in [1.82, 2.24) is 5.32 Å². The number of rotatable bonds is 6. The van der Waals surface area contributed by atoms with Crippen molar-refractivity contribution in [1.29, 1.82) is 0 Å². The molecule has 1 aromatic rings. The number of aliphatic hydroxyl groups is 1. The summed E-state index contributed by atoms with van der Waals surface area (Å²) in [5.41, 5.74) is 2.34. The van der Waals surface area contributed by atoms with Gasteiger partial charge in [-0.25, -0.2) is 0 Å². The van der Waals surface area contributed by atoms with Gasteiger partial charge in [0.25, 0.3) is 0 Å². The maximum Gasteiger partial charge on any atom is 0.306 e. The normalized spacial score (nSPS) is 15.4. The Morgan fingerprint density at radius 3 is 3.11 bits per heavy atom. The Morgan fingerprint density at radius 1 is 1.47 bits per heavy atom. The Kier molecular flexibility index (Phi) is 4.76. The van der Waals surface area contributed by atoms with E-state index in [0.29, 0.717) is 6.54 Å². The minimum atomic E-state index is -0.986. The number of nitrogens with one attached hydrogen (secondary N) is 1. The van der Waals surface area contributed by atoms with E-state index in [-0.39, 0.29) is 13.0 Å². The standard InChI is InChI=1S/C14H19NO4/c16-12(7-14(17)18)9-15-8-10-3-4-13-11(6-10)2-1-5-19-13/h3-4,6,12,15-16H,1-2,5,7-9H2,(H,17,18). The predicted molar refractivity (Wildman–Crippen MR) is 70.2 cm³/mol. The van der Waals surface area contributed by atoms with Crippen molar-refractivity contribution < 1.29 is 19.7 Å². The van der Waals surface area contributed by atoms with Crippen LogP contribution in [0.5, 0.6) is 5.75 Å². The Hall–Kier alpha value is -1.59. The van der Waals surface area contributed by atoms with Crippen LogP contribution in [0.25, 0.3) is 0 Å². The lowest BCUT2D eigenvalue weighted by Crippen LogP contribution is -2.28. The molecule has 0 amide bonds. The second-order valence-corrected chi connectivity index (χ2v) is 4.78. The first-order valence-electron chi connectivity index (χ1n) is 6.50. The maximum atomic E-state index is 10.4. The third kappa shape index (κ3) is 4.22. The van der Waals surface area contributed by atoms with Gasteiger partial charge >= 0.3 is 5.97 Å². The Balaban J connectivity index is 1.81. The summed E-state index contributed by atoms with van der Waals surface area (Å²) in [6.45, 7) is 1.68. The summed E-state index contributed by atoms with van der Waals surface area (Å²) in [6, 6.07) is 6.06. The molecule has 0 fully saturated rings. The number of carboxylic acid groups (broad SMARTS) is 1. The van der Waals surface area contributed by atoms with E-state index in [0.717, 1.165) is 30.8 Å². The molecule has 19 heavy (non-hydrogen) atoms. The molecule has 104 valence electrons. The number of ether oxygens (including phenoxy) is 1. The van der Waals surface area contributed by atoms with Crippen LogP contribution in [0.1, 0.15) is 24.0 Å². The topological polar surface area (TPSA) is 78.8 Å². The van der Waals surface area contributed by atoms with Crippen molar-refractivity contribution in [2.75, 3.05) is 13.2 Å². The zero-order valence-electron chi connectivity index (χ0n) is 10.8. The molecule has 2 rings (SSSR count). The zero-order valence-corrected chi connectivity index (χ0v) is 10.8. The van der Waals surface area contributed by atoms with E-state index in [1.807, 2.05) is 12.1 Å². The molecule has 0 saturated heterocycles. The summed E-state index contributed by atoms with van der Waals surface area (Å²) >= 11 is 0.